The third-order valence-corrected chi connectivity index (χ3v) is 1.59. The molecule has 0 spiro atoms. The molecule has 0 aliphatic heterocycles. The Morgan fingerprint density at radius 3 is 3.00 bits per heavy atom. The highest BCUT2D eigenvalue weighted by atomic mass is 32.1. The largest absolute Gasteiger partial charge is 0.477 e. The third-order valence-electron chi connectivity index (χ3n) is 1.38. The zero-order valence-corrected chi connectivity index (χ0v) is 7.74. The summed E-state index contributed by atoms with van der Waals surface area (Å²) in [5.74, 6) is -0.403. The highest BCUT2D eigenvalue weighted by molar-refractivity contribution is 7.80. The predicted molar refractivity (Wildman–Crippen MR) is 54.1 cm³/mol. The van der Waals surface area contributed by atoms with Crippen LogP contribution in [0.15, 0.2) is 24.3 Å². The van der Waals surface area contributed by atoms with Crippen LogP contribution in [0.1, 0.15) is 16.2 Å². The number of carboxylic acids is 1. The van der Waals surface area contributed by atoms with Gasteiger partial charge in [0.15, 0.2) is 0 Å². The number of carbonyl (C=O) groups is 1. The van der Waals surface area contributed by atoms with Crippen LogP contribution in [0, 0.1) is 0 Å². The van der Waals surface area contributed by atoms with Crippen molar-refractivity contribution in [2.75, 3.05) is 5.75 Å². The van der Waals surface area contributed by atoms with Crippen molar-refractivity contribution >= 4 is 24.7 Å². The van der Waals surface area contributed by atoms with E-state index < -0.39 is 5.97 Å². The number of rotatable bonds is 3. The van der Waals surface area contributed by atoms with Crippen LogP contribution in [-0.4, -0.2) is 21.8 Å². The number of hydrogen-bond donors (Lipinski definition) is 2. The molecule has 68 valence electrons. The maximum absolute atomic E-state index is 10.5. The lowest BCUT2D eigenvalue weighted by molar-refractivity contribution is 0.0690. The van der Waals surface area contributed by atoms with E-state index in [4.69, 9.17) is 5.11 Å². The van der Waals surface area contributed by atoms with Crippen LogP contribution in [0.25, 0.3) is 6.08 Å². The van der Waals surface area contributed by atoms with E-state index in [-0.39, 0.29) is 5.69 Å². The van der Waals surface area contributed by atoms with Crippen molar-refractivity contribution in [3.05, 3.63) is 35.7 Å². The van der Waals surface area contributed by atoms with Gasteiger partial charge in [-0.25, -0.2) is 9.78 Å². The number of pyridine rings is 1. The first kappa shape index (κ1) is 9.80. The molecule has 0 aliphatic rings. The van der Waals surface area contributed by atoms with Gasteiger partial charge >= 0.3 is 5.97 Å². The van der Waals surface area contributed by atoms with E-state index in [2.05, 4.69) is 17.6 Å². The fourth-order valence-corrected chi connectivity index (χ4v) is 0.942. The lowest BCUT2D eigenvalue weighted by atomic mass is 10.3. The topological polar surface area (TPSA) is 50.2 Å². The summed E-state index contributed by atoms with van der Waals surface area (Å²) >= 11 is 3.99. The average molecular weight is 195 g/mol. The minimum absolute atomic E-state index is 0.0568. The summed E-state index contributed by atoms with van der Waals surface area (Å²) in [7, 11) is 0. The number of thiol groups is 1. The lowest BCUT2D eigenvalue weighted by Crippen LogP contribution is -2.00. The Kier molecular flexibility index (Phi) is 3.52. The molecule has 0 aliphatic carbocycles. The van der Waals surface area contributed by atoms with Crippen molar-refractivity contribution in [1.82, 2.24) is 4.98 Å². The SMILES string of the molecule is O=C(O)c1cccc(C=CCS)n1. The van der Waals surface area contributed by atoms with E-state index in [1.54, 1.807) is 24.3 Å². The summed E-state index contributed by atoms with van der Waals surface area (Å²) in [6.07, 6.45) is 3.54. The Labute approximate surface area is 81.5 Å². The maximum Gasteiger partial charge on any atom is 0.354 e. The van der Waals surface area contributed by atoms with Crippen LogP contribution in [0.2, 0.25) is 0 Å². The van der Waals surface area contributed by atoms with Crippen LogP contribution in [-0.2, 0) is 0 Å². The number of aromatic carboxylic acids is 1. The minimum atomic E-state index is -1.01. The van der Waals surface area contributed by atoms with E-state index in [9.17, 15) is 4.79 Å². The smallest absolute Gasteiger partial charge is 0.354 e. The van der Waals surface area contributed by atoms with Gasteiger partial charge in [-0.3, -0.25) is 0 Å². The normalized spacial score (nSPS) is 10.5. The van der Waals surface area contributed by atoms with Crippen molar-refractivity contribution in [2.45, 2.75) is 0 Å². The molecule has 0 saturated heterocycles. The number of hydrogen-bond acceptors (Lipinski definition) is 3. The Morgan fingerprint density at radius 1 is 1.62 bits per heavy atom. The van der Waals surface area contributed by atoms with Crippen molar-refractivity contribution in [3.63, 3.8) is 0 Å². The Balaban J connectivity index is 2.92. The van der Waals surface area contributed by atoms with Gasteiger partial charge in [0.1, 0.15) is 5.69 Å². The molecule has 4 heteroatoms. The van der Waals surface area contributed by atoms with Gasteiger partial charge < -0.3 is 5.11 Å². The lowest BCUT2D eigenvalue weighted by Gasteiger charge is -1.94. The quantitative estimate of drug-likeness (QED) is 0.722. The van der Waals surface area contributed by atoms with Gasteiger partial charge in [-0.1, -0.05) is 12.1 Å². The number of nitrogens with zero attached hydrogens (tertiary/aromatic N) is 1. The molecule has 0 fully saturated rings. The Hall–Kier alpha value is -1.29. The summed E-state index contributed by atoms with van der Waals surface area (Å²) in [4.78, 5) is 14.4. The first-order chi connectivity index (χ1) is 6.24. The van der Waals surface area contributed by atoms with Crippen LogP contribution in [0.5, 0.6) is 0 Å². The Bertz CT molecular complexity index is 336. The van der Waals surface area contributed by atoms with Crippen LogP contribution in [0.4, 0.5) is 0 Å². The second kappa shape index (κ2) is 4.67. The predicted octanol–water partition coefficient (Wildman–Crippen LogP) is 1.72. The molecule has 0 unspecified atom stereocenters. The fraction of sp³-hybridized carbons (Fsp3) is 0.111. The fourth-order valence-electron chi connectivity index (χ4n) is 0.837. The summed E-state index contributed by atoms with van der Waals surface area (Å²) in [6, 6.07) is 4.86. The average Bonchev–Trinajstić information content (AvgIpc) is 2.15. The van der Waals surface area contributed by atoms with Crippen molar-refractivity contribution in [1.29, 1.82) is 0 Å². The number of carboxylic acid groups (broad SMARTS) is 1. The summed E-state index contributed by atoms with van der Waals surface area (Å²) < 4.78 is 0. The number of aromatic nitrogens is 1. The molecule has 13 heavy (non-hydrogen) atoms. The molecule has 1 rings (SSSR count). The van der Waals surface area contributed by atoms with Gasteiger partial charge in [0.05, 0.1) is 5.69 Å². The molecular formula is C9H9NO2S. The van der Waals surface area contributed by atoms with Crippen molar-refractivity contribution in [2.24, 2.45) is 0 Å². The van der Waals surface area contributed by atoms with Gasteiger partial charge in [0.2, 0.25) is 0 Å². The van der Waals surface area contributed by atoms with E-state index in [0.29, 0.717) is 11.4 Å². The first-order valence-electron chi connectivity index (χ1n) is 3.72. The second-order valence-corrected chi connectivity index (χ2v) is 2.70. The Morgan fingerprint density at radius 2 is 2.38 bits per heavy atom. The molecule has 0 atom stereocenters. The van der Waals surface area contributed by atoms with Gasteiger partial charge in [0.25, 0.3) is 0 Å². The van der Waals surface area contributed by atoms with E-state index in [0.717, 1.165) is 0 Å². The molecule has 0 radical (unpaired) electrons. The molecule has 1 N–H and O–H groups in total. The van der Waals surface area contributed by atoms with E-state index in [1.165, 1.54) is 6.07 Å². The molecule has 1 heterocycles. The second-order valence-electron chi connectivity index (χ2n) is 2.34. The van der Waals surface area contributed by atoms with Gasteiger partial charge in [-0.15, -0.1) is 0 Å². The standard InChI is InChI=1S/C9H9NO2S/c11-9(12)8-5-1-3-7(10-8)4-2-6-13/h1-5,13H,6H2,(H,11,12). The zero-order valence-electron chi connectivity index (χ0n) is 6.84. The van der Waals surface area contributed by atoms with E-state index in [1.807, 2.05) is 0 Å². The monoisotopic (exact) mass is 195 g/mol. The molecule has 0 amide bonds. The molecule has 1 aromatic heterocycles. The third kappa shape index (κ3) is 2.91. The highest BCUT2D eigenvalue weighted by Gasteiger charge is 2.02. The molecule has 0 bridgehead atoms. The molecular weight excluding hydrogens is 186 g/mol. The summed E-state index contributed by atoms with van der Waals surface area (Å²) in [6.45, 7) is 0. The van der Waals surface area contributed by atoms with Crippen LogP contribution in [0.3, 0.4) is 0 Å². The van der Waals surface area contributed by atoms with Crippen molar-refractivity contribution in [3.8, 4) is 0 Å². The molecule has 0 aromatic carbocycles. The zero-order chi connectivity index (χ0) is 9.68. The minimum Gasteiger partial charge on any atom is -0.477 e. The van der Waals surface area contributed by atoms with E-state index >= 15 is 0 Å². The molecule has 3 nitrogen and oxygen atoms in total. The van der Waals surface area contributed by atoms with Crippen molar-refractivity contribution < 1.29 is 9.90 Å². The molecule has 1 aromatic rings. The molecule has 0 saturated carbocycles. The highest BCUT2D eigenvalue weighted by Crippen LogP contribution is 2.01. The van der Waals surface area contributed by atoms with Gasteiger partial charge in [0, 0.05) is 5.75 Å². The van der Waals surface area contributed by atoms with Gasteiger partial charge in [-0.05, 0) is 18.2 Å². The maximum atomic E-state index is 10.5. The summed E-state index contributed by atoms with van der Waals surface area (Å²) in [5.41, 5.74) is 0.690. The van der Waals surface area contributed by atoms with Gasteiger partial charge in [-0.2, -0.15) is 12.6 Å². The summed E-state index contributed by atoms with van der Waals surface area (Å²) in [5, 5.41) is 8.63. The first-order valence-corrected chi connectivity index (χ1v) is 4.35. The van der Waals surface area contributed by atoms with Crippen LogP contribution < -0.4 is 0 Å². The van der Waals surface area contributed by atoms with Crippen LogP contribution >= 0.6 is 12.6 Å².